The van der Waals surface area contributed by atoms with Crippen molar-refractivity contribution in [2.45, 2.75) is 63.3 Å². The zero-order valence-corrected chi connectivity index (χ0v) is 22.6. The predicted molar refractivity (Wildman–Crippen MR) is 153 cm³/mol. The third-order valence-electron chi connectivity index (χ3n) is 8.84. The first-order chi connectivity index (χ1) is 18.8. The highest BCUT2D eigenvalue weighted by Crippen LogP contribution is 2.62. The van der Waals surface area contributed by atoms with E-state index in [-0.39, 0.29) is 23.0 Å². The highest BCUT2D eigenvalue weighted by atomic mass is 16.5. The molecule has 0 aliphatic heterocycles. The van der Waals surface area contributed by atoms with Gasteiger partial charge in [-0.2, -0.15) is 5.10 Å². The Labute approximate surface area is 229 Å². The van der Waals surface area contributed by atoms with Crippen LogP contribution in [0.3, 0.4) is 0 Å². The molecule has 6 heteroatoms. The van der Waals surface area contributed by atoms with Crippen LogP contribution >= 0.6 is 0 Å². The number of hydrogen-bond donors (Lipinski definition) is 2. The summed E-state index contributed by atoms with van der Waals surface area (Å²) in [6, 6.07) is 24.2. The summed E-state index contributed by atoms with van der Waals surface area (Å²) in [6.07, 6.45) is 8.58. The number of nitrogens with one attached hydrogen (secondary N) is 2. The number of benzene rings is 3. The molecule has 4 bridgehead atoms. The lowest BCUT2D eigenvalue weighted by Gasteiger charge is -2.62. The van der Waals surface area contributed by atoms with Crippen LogP contribution in [0.25, 0.3) is 11.1 Å². The van der Waals surface area contributed by atoms with E-state index in [1.54, 1.807) is 18.3 Å². The van der Waals surface area contributed by atoms with E-state index >= 15 is 0 Å². The Hall–Kier alpha value is -3.93. The molecule has 200 valence electrons. The summed E-state index contributed by atoms with van der Waals surface area (Å²) in [6.45, 7) is 3.52. The van der Waals surface area contributed by atoms with E-state index in [2.05, 4.69) is 47.0 Å². The Morgan fingerprint density at radius 2 is 1.49 bits per heavy atom. The fourth-order valence-electron chi connectivity index (χ4n) is 7.73. The summed E-state index contributed by atoms with van der Waals surface area (Å²) in [5.74, 6) is 1.54. The van der Waals surface area contributed by atoms with Gasteiger partial charge in [-0.05, 0) is 97.1 Å². The van der Waals surface area contributed by atoms with Gasteiger partial charge in [0.2, 0.25) is 0 Å². The maximum atomic E-state index is 13.0. The van der Waals surface area contributed by atoms with Gasteiger partial charge >= 0.3 is 12.0 Å². The standard InChI is InChI=1S/C33H35N3O3/c1-22-3-11-29(12-4-22)32-16-25-15-26(17-32)19-33(18-25,21-32)35-31(38)36-34-20-24-5-7-27(8-6-24)28-9-13-30(14-10-28)39-23(2)37/h3-14,20,25-26H,15-19,21H2,1-2H3,(H2,35,36,38)/b34-20-/t25-,26+,32?,33?. The van der Waals surface area contributed by atoms with Crippen LogP contribution in [-0.4, -0.2) is 23.8 Å². The van der Waals surface area contributed by atoms with Gasteiger partial charge in [0.25, 0.3) is 0 Å². The van der Waals surface area contributed by atoms with E-state index in [9.17, 15) is 9.59 Å². The molecule has 3 aromatic carbocycles. The second kappa shape index (κ2) is 9.99. The number of amides is 2. The monoisotopic (exact) mass is 521 g/mol. The van der Waals surface area contributed by atoms with E-state index < -0.39 is 0 Å². The maximum Gasteiger partial charge on any atom is 0.335 e. The number of carbonyl (C=O) groups excluding carboxylic acids is 2. The third kappa shape index (κ3) is 5.33. The predicted octanol–water partition coefficient (Wildman–Crippen LogP) is 6.51. The van der Waals surface area contributed by atoms with Crippen molar-refractivity contribution in [3.8, 4) is 16.9 Å². The van der Waals surface area contributed by atoms with Gasteiger partial charge in [-0.15, -0.1) is 0 Å². The molecule has 0 heterocycles. The van der Waals surface area contributed by atoms with Crippen LogP contribution in [0.5, 0.6) is 5.75 Å². The first-order valence-electron chi connectivity index (χ1n) is 13.9. The van der Waals surface area contributed by atoms with Crippen molar-refractivity contribution < 1.29 is 14.3 Å². The average Bonchev–Trinajstić information content (AvgIpc) is 2.88. The van der Waals surface area contributed by atoms with Crippen molar-refractivity contribution >= 4 is 18.2 Å². The minimum atomic E-state index is -0.335. The normalized spacial score (nSPS) is 26.9. The minimum Gasteiger partial charge on any atom is -0.427 e. The van der Waals surface area contributed by atoms with E-state index in [1.165, 1.54) is 37.3 Å². The maximum absolute atomic E-state index is 13.0. The van der Waals surface area contributed by atoms with E-state index in [1.807, 2.05) is 36.4 Å². The zero-order chi connectivity index (χ0) is 27.0. The molecule has 39 heavy (non-hydrogen) atoms. The van der Waals surface area contributed by atoms with E-state index in [0.29, 0.717) is 17.6 Å². The number of urea groups is 1. The van der Waals surface area contributed by atoms with Crippen molar-refractivity contribution in [2.75, 3.05) is 0 Å². The summed E-state index contributed by atoms with van der Waals surface area (Å²) in [4.78, 5) is 24.1. The molecular weight excluding hydrogens is 486 g/mol. The molecule has 4 atom stereocenters. The van der Waals surface area contributed by atoms with E-state index in [4.69, 9.17) is 4.74 Å². The molecule has 2 amide bonds. The van der Waals surface area contributed by atoms with Crippen molar-refractivity contribution in [1.29, 1.82) is 0 Å². The number of carbonyl (C=O) groups is 2. The Kier molecular flexibility index (Phi) is 6.49. The largest absolute Gasteiger partial charge is 0.427 e. The molecule has 0 spiro atoms. The molecule has 4 aliphatic carbocycles. The summed E-state index contributed by atoms with van der Waals surface area (Å²) in [5.41, 5.74) is 8.42. The molecule has 7 rings (SSSR count). The Balaban J connectivity index is 1.08. The molecule has 6 nitrogen and oxygen atoms in total. The van der Waals surface area contributed by atoms with Crippen LogP contribution in [0.15, 0.2) is 77.9 Å². The van der Waals surface area contributed by atoms with Crippen LogP contribution < -0.4 is 15.5 Å². The SMILES string of the molecule is CC(=O)Oc1ccc(-c2ccc(/C=N\NC(=O)NC34C[C@H]5C[C@@H](C3)CC(c3ccc(C)cc3)(C5)C4)cc2)cc1. The van der Waals surface area contributed by atoms with Gasteiger partial charge in [-0.1, -0.05) is 66.2 Å². The minimum absolute atomic E-state index is 0.152. The summed E-state index contributed by atoms with van der Waals surface area (Å²) >= 11 is 0. The molecule has 2 N–H and O–H groups in total. The van der Waals surface area contributed by atoms with Gasteiger partial charge in [0.15, 0.2) is 0 Å². The van der Waals surface area contributed by atoms with Gasteiger partial charge in [-0.3, -0.25) is 4.79 Å². The van der Waals surface area contributed by atoms with Crippen molar-refractivity contribution in [1.82, 2.24) is 10.7 Å². The zero-order valence-electron chi connectivity index (χ0n) is 22.6. The molecule has 3 aromatic rings. The summed E-state index contributed by atoms with van der Waals surface area (Å²) in [7, 11) is 0. The lowest BCUT2D eigenvalue weighted by Crippen LogP contribution is -2.65. The number of ether oxygens (including phenoxy) is 1. The van der Waals surface area contributed by atoms with Crippen LogP contribution in [0, 0.1) is 18.8 Å². The average molecular weight is 522 g/mol. The third-order valence-corrected chi connectivity index (χ3v) is 8.84. The molecular formula is C33H35N3O3. The van der Waals surface area contributed by atoms with Gasteiger partial charge < -0.3 is 10.1 Å². The number of rotatable bonds is 6. The number of hydrogen-bond acceptors (Lipinski definition) is 4. The highest BCUT2D eigenvalue weighted by molar-refractivity contribution is 5.83. The van der Waals surface area contributed by atoms with Crippen molar-refractivity contribution in [2.24, 2.45) is 16.9 Å². The Morgan fingerprint density at radius 3 is 2.10 bits per heavy atom. The number of nitrogens with zero attached hydrogens (tertiary/aromatic N) is 1. The fraction of sp³-hybridized carbons (Fsp3) is 0.364. The smallest absolute Gasteiger partial charge is 0.335 e. The molecule has 0 radical (unpaired) electrons. The van der Waals surface area contributed by atoms with E-state index in [0.717, 1.165) is 36.0 Å². The molecule has 0 aromatic heterocycles. The van der Waals surface area contributed by atoms with Crippen LogP contribution in [0.1, 0.15) is 62.1 Å². The van der Waals surface area contributed by atoms with Gasteiger partial charge in [-0.25, -0.2) is 10.2 Å². The molecule has 4 saturated carbocycles. The molecule has 0 saturated heterocycles. The Bertz CT molecular complexity index is 1380. The lowest BCUT2D eigenvalue weighted by atomic mass is 9.45. The first-order valence-corrected chi connectivity index (χ1v) is 13.9. The number of aryl methyl sites for hydroxylation is 1. The first kappa shape index (κ1) is 25.4. The van der Waals surface area contributed by atoms with Crippen LogP contribution in [-0.2, 0) is 10.2 Å². The molecule has 4 aliphatic rings. The Morgan fingerprint density at radius 1 is 0.872 bits per heavy atom. The second-order valence-corrected chi connectivity index (χ2v) is 12.0. The van der Waals surface area contributed by atoms with Crippen molar-refractivity contribution in [3.05, 3.63) is 89.5 Å². The molecule has 2 unspecified atom stereocenters. The number of hydrazone groups is 1. The van der Waals surface area contributed by atoms with Gasteiger partial charge in [0, 0.05) is 12.5 Å². The summed E-state index contributed by atoms with van der Waals surface area (Å²) < 4.78 is 5.10. The topological polar surface area (TPSA) is 79.8 Å². The lowest BCUT2D eigenvalue weighted by molar-refractivity contribution is -0.131. The number of esters is 1. The fourth-order valence-corrected chi connectivity index (χ4v) is 7.73. The van der Waals surface area contributed by atoms with Gasteiger partial charge in [0.1, 0.15) is 5.75 Å². The summed E-state index contributed by atoms with van der Waals surface area (Å²) in [5, 5.41) is 7.60. The van der Waals surface area contributed by atoms with Crippen LogP contribution in [0.2, 0.25) is 0 Å². The molecule has 4 fully saturated rings. The van der Waals surface area contributed by atoms with Crippen LogP contribution in [0.4, 0.5) is 4.79 Å². The van der Waals surface area contributed by atoms with Crippen molar-refractivity contribution in [3.63, 3.8) is 0 Å². The highest BCUT2D eigenvalue weighted by Gasteiger charge is 2.58. The second-order valence-electron chi connectivity index (χ2n) is 12.0. The quantitative estimate of drug-likeness (QED) is 0.168. The van der Waals surface area contributed by atoms with Gasteiger partial charge in [0.05, 0.1) is 6.21 Å².